The Labute approximate surface area is 166 Å². The average molecular weight is 378 g/mol. The summed E-state index contributed by atoms with van der Waals surface area (Å²) in [7, 11) is 1.58. The lowest BCUT2D eigenvalue weighted by atomic mass is 10.0. The molecule has 0 saturated carbocycles. The van der Waals surface area contributed by atoms with E-state index in [1.165, 1.54) is 11.1 Å². The molecule has 1 aliphatic rings. The summed E-state index contributed by atoms with van der Waals surface area (Å²) in [5.74, 6) is 3.63. The van der Waals surface area contributed by atoms with E-state index in [0.29, 0.717) is 18.0 Å². The number of benzene rings is 2. The second-order valence-electron chi connectivity index (χ2n) is 6.90. The van der Waals surface area contributed by atoms with Gasteiger partial charge in [-0.3, -0.25) is 0 Å². The lowest BCUT2D eigenvalue weighted by Crippen LogP contribution is -2.39. The van der Waals surface area contributed by atoms with Crippen LogP contribution in [-0.2, 0) is 6.54 Å². The molecule has 3 rings (SSSR count). The fraction of sp³-hybridized carbons (Fsp3) is 0.348. The van der Waals surface area contributed by atoms with E-state index in [2.05, 4.69) is 36.4 Å². The van der Waals surface area contributed by atoms with Gasteiger partial charge in [-0.2, -0.15) is 0 Å². The molecule has 5 nitrogen and oxygen atoms in total. The van der Waals surface area contributed by atoms with Crippen LogP contribution < -0.4 is 14.8 Å². The number of aryl methyl sites for hydroxylation is 1. The van der Waals surface area contributed by atoms with Gasteiger partial charge in [0.25, 0.3) is 0 Å². The SMILES string of the molecule is C#CCOc1cc(CNC(=O)N2CCCC2c2cccc(C)c2)ccc1OC. The Morgan fingerprint density at radius 1 is 1.29 bits per heavy atom. The summed E-state index contributed by atoms with van der Waals surface area (Å²) in [6, 6.07) is 14.0. The number of rotatable bonds is 6. The summed E-state index contributed by atoms with van der Waals surface area (Å²) in [6.45, 7) is 3.42. The van der Waals surface area contributed by atoms with Crippen LogP contribution in [0.1, 0.15) is 35.6 Å². The van der Waals surface area contributed by atoms with Crippen LogP contribution >= 0.6 is 0 Å². The largest absolute Gasteiger partial charge is 0.493 e. The molecule has 146 valence electrons. The van der Waals surface area contributed by atoms with Gasteiger partial charge in [0, 0.05) is 13.1 Å². The number of nitrogens with zero attached hydrogens (tertiary/aromatic N) is 1. The van der Waals surface area contributed by atoms with Crippen LogP contribution in [0.5, 0.6) is 11.5 Å². The first kappa shape index (κ1) is 19.6. The maximum Gasteiger partial charge on any atom is 0.318 e. The number of carbonyl (C=O) groups excluding carboxylic acids is 1. The maximum absolute atomic E-state index is 12.8. The highest BCUT2D eigenvalue weighted by Gasteiger charge is 2.29. The topological polar surface area (TPSA) is 50.8 Å². The van der Waals surface area contributed by atoms with Crippen molar-refractivity contribution >= 4 is 6.03 Å². The highest BCUT2D eigenvalue weighted by molar-refractivity contribution is 5.75. The van der Waals surface area contributed by atoms with Crippen LogP contribution in [0.2, 0.25) is 0 Å². The van der Waals surface area contributed by atoms with Crippen LogP contribution in [0.15, 0.2) is 42.5 Å². The summed E-state index contributed by atoms with van der Waals surface area (Å²) in [5.41, 5.74) is 3.33. The van der Waals surface area contributed by atoms with Gasteiger partial charge in [0.05, 0.1) is 13.2 Å². The van der Waals surface area contributed by atoms with E-state index in [1.54, 1.807) is 7.11 Å². The second-order valence-corrected chi connectivity index (χ2v) is 6.90. The fourth-order valence-electron chi connectivity index (χ4n) is 3.58. The number of hydrogen-bond acceptors (Lipinski definition) is 3. The molecule has 0 aliphatic carbocycles. The summed E-state index contributed by atoms with van der Waals surface area (Å²) < 4.78 is 10.8. The Bertz CT molecular complexity index is 872. The van der Waals surface area contributed by atoms with Gasteiger partial charge in [-0.1, -0.05) is 41.8 Å². The molecule has 1 N–H and O–H groups in total. The standard InChI is InChI=1S/C23H26N2O3/c1-4-13-28-22-15-18(10-11-21(22)27-3)16-24-23(26)25-12-6-9-20(25)19-8-5-7-17(2)14-19/h1,5,7-8,10-11,14-15,20H,6,9,12-13,16H2,2-3H3,(H,24,26). The number of ether oxygens (including phenoxy) is 2. The Hall–Kier alpha value is -3.13. The highest BCUT2D eigenvalue weighted by atomic mass is 16.5. The Balaban J connectivity index is 1.65. The first-order valence-electron chi connectivity index (χ1n) is 9.46. The first-order valence-corrected chi connectivity index (χ1v) is 9.46. The molecule has 5 heteroatoms. The number of terminal acetylenes is 1. The minimum atomic E-state index is -0.0501. The predicted molar refractivity (Wildman–Crippen MR) is 109 cm³/mol. The molecule has 0 radical (unpaired) electrons. The van der Waals surface area contributed by atoms with Crippen molar-refractivity contribution in [2.24, 2.45) is 0 Å². The van der Waals surface area contributed by atoms with Crippen molar-refractivity contribution in [3.63, 3.8) is 0 Å². The van der Waals surface area contributed by atoms with Gasteiger partial charge >= 0.3 is 6.03 Å². The molecule has 0 spiro atoms. The summed E-state index contributed by atoms with van der Waals surface area (Å²) in [4.78, 5) is 14.7. The number of hydrogen-bond donors (Lipinski definition) is 1. The van der Waals surface area contributed by atoms with Crippen molar-refractivity contribution in [2.45, 2.75) is 32.4 Å². The zero-order valence-corrected chi connectivity index (χ0v) is 16.4. The zero-order chi connectivity index (χ0) is 19.9. The van der Waals surface area contributed by atoms with Gasteiger partial charge in [-0.15, -0.1) is 6.42 Å². The molecule has 1 heterocycles. The third-order valence-electron chi connectivity index (χ3n) is 4.92. The normalized spacial score (nSPS) is 15.8. The molecule has 1 fully saturated rings. The molecule has 28 heavy (non-hydrogen) atoms. The molecule has 2 aromatic rings. The van der Waals surface area contributed by atoms with Gasteiger partial charge in [0.2, 0.25) is 0 Å². The number of urea groups is 1. The summed E-state index contributed by atoms with van der Waals surface area (Å²) in [6.07, 6.45) is 7.27. The number of nitrogens with one attached hydrogen (secondary N) is 1. The van der Waals surface area contributed by atoms with E-state index in [4.69, 9.17) is 15.9 Å². The molecule has 1 unspecified atom stereocenters. The third kappa shape index (κ3) is 4.58. The summed E-state index contributed by atoms with van der Waals surface area (Å²) >= 11 is 0. The molecule has 0 aromatic heterocycles. The minimum Gasteiger partial charge on any atom is -0.493 e. The average Bonchev–Trinajstić information content (AvgIpc) is 3.20. The molecule has 1 atom stereocenters. The van der Waals surface area contributed by atoms with Crippen LogP contribution in [0.3, 0.4) is 0 Å². The molecular formula is C23H26N2O3. The maximum atomic E-state index is 12.8. The molecule has 0 bridgehead atoms. The van der Waals surface area contributed by atoms with Gasteiger partial charge in [-0.05, 0) is 43.0 Å². The number of amides is 2. The van der Waals surface area contributed by atoms with Crippen molar-refractivity contribution in [1.82, 2.24) is 10.2 Å². The molecule has 1 aliphatic heterocycles. The van der Waals surface area contributed by atoms with Crippen LogP contribution in [0.4, 0.5) is 4.79 Å². The van der Waals surface area contributed by atoms with Crippen molar-refractivity contribution in [1.29, 1.82) is 0 Å². The van der Waals surface area contributed by atoms with Crippen molar-refractivity contribution in [3.8, 4) is 23.8 Å². The van der Waals surface area contributed by atoms with Crippen LogP contribution in [0, 0.1) is 19.3 Å². The quantitative estimate of drug-likeness (QED) is 0.771. The third-order valence-corrected chi connectivity index (χ3v) is 4.92. The Morgan fingerprint density at radius 3 is 2.89 bits per heavy atom. The molecule has 2 aromatic carbocycles. The molecule has 1 saturated heterocycles. The van der Waals surface area contributed by atoms with Gasteiger partial charge < -0.3 is 19.7 Å². The number of methoxy groups -OCH3 is 1. The minimum absolute atomic E-state index is 0.0501. The lowest BCUT2D eigenvalue weighted by Gasteiger charge is -2.25. The first-order chi connectivity index (χ1) is 13.6. The second kappa shape index (κ2) is 9.18. The van der Waals surface area contributed by atoms with E-state index in [9.17, 15) is 4.79 Å². The Kier molecular flexibility index (Phi) is 6.44. The highest BCUT2D eigenvalue weighted by Crippen LogP contribution is 2.32. The summed E-state index contributed by atoms with van der Waals surface area (Å²) in [5, 5.41) is 3.03. The lowest BCUT2D eigenvalue weighted by molar-refractivity contribution is 0.192. The van der Waals surface area contributed by atoms with E-state index < -0.39 is 0 Å². The van der Waals surface area contributed by atoms with Gasteiger partial charge in [-0.25, -0.2) is 4.79 Å². The molecular weight excluding hydrogens is 352 g/mol. The fourth-order valence-corrected chi connectivity index (χ4v) is 3.58. The van der Waals surface area contributed by atoms with Gasteiger partial charge in [0.1, 0.15) is 6.61 Å². The van der Waals surface area contributed by atoms with Crippen LogP contribution in [0.25, 0.3) is 0 Å². The Morgan fingerprint density at radius 2 is 2.14 bits per heavy atom. The van der Waals surface area contributed by atoms with E-state index in [0.717, 1.165) is 24.9 Å². The van der Waals surface area contributed by atoms with E-state index in [1.807, 2.05) is 29.2 Å². The number of carbonyl (C=O) groups is 1. The van der Waals surface area contributed by atoms with Crippen molar-refractivity contribution in [3.05, 3.63) is 59.2 Å². The number of likely N-dealkylation sites (tertiary alicyclic amines) is 1. The van der Waals surface area contributed by atoms with Crippen LogP contribution in [-0.4, -0.2) is 31.2 Å². The monoisotopic (exact) mass is 378 g/mol. The van der Waals surface area contributed by atoms with E-state index in [-0.39, 0.29) is 18.7 Å². The van der Waals surface area contributed by atoms with Gasteiger partial charge in [0.15, 0.2) is 11.5 Å². The van der Waals surface area contributed by atoms with Crippen molar-refractivity contribution in [2.75, 3.05) is 20.3 Å². The zero-order valence-electron chi connectivity index (χ0n) is 16.4. The smallest absolute Gasteiger partial charge is 0.318 e. The van der Waals surface area contributed by atoms with Crippen molar-refractivity contribution < 1.29 is 14.3 Å². The van der Waals surface area contributed by atoms with E-state index >= 15 is 0 Å². The predicted octanol–water partition coefficient (Wildman–Crippen LogP) is 4.06. The molecule has 2 amide bonds.